The molecule has 0 fully saturated rings. The number of halogens is 4. The van der Waals surface area contributed by atoms with Gasteiger partial charge in [-0.15, -0.1) is 0 Å². The number of hydrogen-bond acceptors (Lipinski definition) is 3. The number of benzene rings is 2. The van der Waals surface area contributed by atoms with E-state index in [4.69, 9.17) is 5.21 Å². The highest BCUT2D eigenvalue weighted by Crippen LogP contribution is 2.35. The van der Waals surface area contributed by atoms with Crippen molar-refractivity contribution in [2.75, 3.05) is 0 Å². The standard InChI is InChI=1S/C17H10F4N2O2/c18-12-4-9(8-22-25)3-11(5-12)10-1-2-15-13(6-10)14(17(19,20)21)7-16(24)23-15/h1-8,25H,(H,23,24). The minimum atomic E-state index is -4.71. The summed E-state index contributed by atoms with van der Waals surface area (Å²) < 4.78 is 53.3. The monoisotopic (exact) mass is 350 g/mol. The number of fused-ring (bicyclic) bond motifs is 1. The molecule has 0 saturated heterocycles. The van der Waals surface area contributed by atoms with Crippen LogP contribution in [0.5, 0.6) is 0 Å². The summed E-state index contributed by atoms with van der Waals surface area (Å²) in [6.07, 6.45) is -3.70. The Labute approximate surface area is 138 Å². The molecule has 0 amide bonds. The van der Waals surface area contributed by atoms with Gasteiger partial charge in [-0.05, 0) is 47.0 Å². The summed E-state index contributed by atoms with van der Waals surface area (Å²) >= 11 is 0. The maximum absolute atomic E-state index is 13.7. The Morgan fingerprint density at radius 1 is 1.04 bits per heavy atom. The maximum atomic E-state index is 13.7. The van der Waals surface area contributed by atoms with E-state index in [2.05, 4.69) is 10.1 Å². The second-order valence-electron chi connectivity index (χ2n) is 5.32. The summed E-state index contributed by atoms with van der Waals surface area (Å²) in [7, 11) is 0. The van der Waals surface area contributed by atoms with E-state index in [1.165, 1.54) is 24.3 Å². The normalized spacial score (nSPS) is 12.2. The molecule has 8 heteroatoms. The van der Waals surface area contributed by atoms with Crippen LogP contribution in [-0.2, 0) is 6.18 Å². The molecular formula is C17H10F4N2O2. The average Bonchev–Trinajstić information content (AvgIpc) is 2.52. The first-order valence-corrected chi connectivity index (χ1v) is 7.00. The molecule has 0 bridgehead atoms. The van der Waals surface area contributed by atoms with E-state index in [0.29, 0.717) is 17.2 Å². The first-order valence-electron chi connectivity index (χ1n) is 7.00. The van der Waals surface area contributed by atoms with Gasteiger partial charge in [-0.2, -0.15) is 13.2 Å². The quantitative estimate of drug-likeness (QED) is 0.315. The molecule has 0 aliphatic rings. The lowest BCUT2D eigenvalue weighted by molar-refractivity contribution is -0.136. The molecule has 4 nitrogen and oxygen atoms in total. The van der Waals surface area contributed by atoms with Gasteiger partial charge in [0.25, 0.3) is 0 Å². The van der Waals surface area contributed by atoms with E-state index in [-0.39, 0.29) is 16.5 Å². The molecule has 2 N–H and O–H groups in total. The largest absolute Gasteiger partial charge is 0.417 e. The number of oxime groups is 1. The Balaban J connectivity index is 2.26. The first kappa shape index (κ1) is 16.7. The number of H-pyrrole nitrogens is 1. The fourth-order valence-corrected chi connectivity index (χ4v) is 2.59. The van der Waals surface area contributed by atoms with Crippen LogP contribution in [-0.4, -0.2) is 16.4 Å². The predicted octanol–water partition coefficient (Wildman–Crippen LogP) is 4.16. The van der Waals surface area contributed by atoms with Gasteiger partial charge >= 0.3 is 6.18 Å². The van der Waals surface area contributed by atoms with Crippen LogP contribution in [0.25, 0.3) is 22.0 Å². The van der Waals surface area contributed by atoms with Gasteiger partial charge in [-0.25, -0.2) is 4.39 Å². The Bertz CT molecular complexity index is 1040. The predicted molar refractivity (Wildman–Crippen MR) is 84.3 cm³/mol. The number of pyridine rings is 1. The molecule has 3 aromatic rings. The third-order valence-electron chi connectivity index (χ3n) is 3.61. The van der Waals surface area contributed by atoms with Gasteiger partial charge in [0.05, 0.1) is 11.8 Å². The summed E-state index contributed by atoms with van der Waals surface area (Å²) in [4.78, 5) is 13.8. The number of rotatable bonds is 2. The van der Waals surface area contributed by atoms with Gasteiger partial charge < -0.3 is 10.2 Å². The topological polar surface area (TPSA) is 65.4 Å². The van der Waals surface area contributed by atoms with Crippen molar-refractivity contribution >= 4 is 17.1 Å². The van der Waals surface area contributed by atoms with Crippen LogP contribution in [0.15, 0.2) is 52.4 Å². The Morgan fingerprint density at radius 3 is 2.48 bits per heavy atom. The van der Waals surface area contributed by atoms with Crippen LogP contribution in [0.3, 0.4) is 0 Å². The van der Waals surface area contributed by atoms with Crippen LogP contribution >= 0.6 is 0 Å². The van der Waals surface area contributed by atoms with E-state index in [0.717, 1.165) is 18.3 Å². The highest BCUT2D eigenvalue weighted by atomic mass is 19.4. The second kappa shape index (κ2) is 6.04. The van der Waals surface area contributed by atoms with Crippen LogP contribution in [0.4, 0.5) is 17.6 Å². The van der Waals surface area contributed by atoms with Crippen molar-refractivity contribution in [2.24, 2.45) is 5.16 Å². The van der Waals surface area contributed by atoms with Gasteiger partial charge in [0.2, 0.25) is 5.56 Å². The zero-order valence-electron chi connectivity index (χ0n) is 12.4. The molecule has 2 aromatic carbocycles. The summed E-state index contributed by atoms with van der Waals surface area (Å²) in [6.45, 7) is 0. The smallest absolute Gasteiger partial charge is 0.411 e. The third-order valence-corrected chi connectivity index (χ3v) is 3.61. The van der Waals surface area contributed by atoms with Crippen molar-refractivity contribution in [2.45, 2.75) is 6.18 Å². The van der Waals surface area contributed by atoms with Crippen LogP contribution in [0, 0.1) is 5.82 Å². The number of nitrogens with one attached hydrogen (secondary N) is 1. The molecule has 25 heavy (non-hydrogen) atoms. The van der Waals surface area contributed by atoms with Crippen molar-refractivity contribution in [3.63, 3.8) is 0 Å². The minimum Gasteiger partial charge on any atom is -0.411 e. The molecule has 0 atom stereocenters. The molecule has 0 unspecified atom stereocenters. The Morgan fingerprint density at radius 2 is 1.80 bits per heavy atom. The van der Waals surface area contributed by atoms with Crippen molar-refractivity contribution < 1.29 is 22.8 Å². The number of aromatic nitrogens is 1. The van der Waals surface area contributed by atoms with Gasteiger partial charge in [0.15, 0.2) is 0 Å². The number of aromatic amines is 1. The SMILES string of the molecule is O=c1cc(C(F)(F)F)c2cc(-c3cc(F)cc(C=NO)c3)ccc2[nH]1. The van der Waals surface area contributed by atoms with Crippen LogP contribution in [0.2, 0.25) is 0 Å². The molecule has 0 aliphatic carbocycles. The van der Waals surface area contributed by atoms with E-state index in [9.17, 15) is 22.4 Å². The van der Waals surface area contributed by atoms with Gasteiger partial charge in [-0.3, -0.25) is 4.79 Å². The van der Waals surface area contributed by atoms with Crippen molar-refractivity contribution in [3.05, 3.63) is 69.8 Å². The summed E-state index contributed by atoms with van der Waals surface area (Å²) in [5.41, 5.74) is -1.04. The highest BCUT2D eigenvalue weighted by Gasteiger charge is 2.33. The number of hydrogen-bond donors (Lipinski definition) is 2. The van der Waals surface area contributed by atoms with Crippen LogP contribution in [0.1, 0.15) is 11.1 Å². The molecule has 3 rings (SSSR count). The Kier molecular flexibility index (Phi) is 4.03. The molecule has 1 heterocycles. The molecule has 0 saturated carbocycles. The van der Waals surface area contributed by atoms with E-state index in [1.807, 2.05) is 0 Å². The molecule has 0 spiro atoms. The first-order chi connectivity index (χ1) is 11.8. The molecule has 0 radical (unpaired) electrons. The second-order valence-corrected chi connectivity index (χ2v) is 5.32. The van der Waals surface area contributed by atoms with Gasteiger partial charge in [0.1, 0.15) is 5.82 Å². The number of alkyl halides is 3. The summed E-state index contributed by atoms with van der Waals surface area (Å²) in [5, 5.41) is 11.2. The zero-order valence-corrected chi connectivity index (χ0v) is 12.4. The summed E-state index contributed by atoms with van der Waals surface area (Å²) in [6, 6.07) is 8.23. The van der Waals surface area contributed by atoms with E-state index in [1.54, 1.807) is 0 Å². The lowest BCUT2D eigenvalue weighted by atomic mass is 9.99. The zero-order chi connectivity index (χ0) is 18.2. The maximum Gasteiger partial charge on any atom is 0.417 e. The van der Waals surface area contributed by atoms with Crippen molar-refractivity contribution in [1.82, 2.24) is 4.98 Å². The third kappa shape index (κ3) is 3.37. The molecule has 128 valence electrons. The minimum absolute atomic E-state index is 0.0251. The van der Waals surface area contributed by atoms with Gasteiger partial charge in [-0.1, -0.05) is 11.2 Å². The molecule has 0 aliphatic heterocycles. The fourth-order valence-electron chi connectivity index (χ4n) is 2.59. The lowest BCUT2D eigenvalue weighted by Crippen LogP contribution is -2.13. The van der Waals surface area contributed by atoms with Crippen molar-refractivity contribution in [1.29, 1.82) is 0 Å². The van der Waals surface area contributed by atoms with Gasteiger partial charge in [0, 0.05) is 17.0 Å². The lowest BCUT2D eigenvalue weighted by Gasteiger charge is -2.11. The fraction of sp³-hybridized carbons (Fsp3) is 0.0588. The summed E-state index contributed by atoms with van der Waals surface area (Å²) in [5.74, 6) is -0.634. The highest BCUT2D eigenvalue weighted by molar-refractivity contribution is 5.89. The average molecular weight is 350 g/mol. The molecule has 1 aromatic heterocycles. The van der Waals surface area contributed by atoms with E-state index >= 15 is 0 Å². The van der Waals surface area contributed by atoms with Crippen molar-refractivity contribution in [3.8, 4) is 11.1 Å². The van der Waals surface area contributed by atoms with E-state index < -0.39 is 23.1 Å². The molecular weight excluding hydrogens is 340 g/mol. The number of nitrogens with zero attached hydrogens (tertiary/aromatic N) is 1. The Hall–Kier alpha value is -3.16. The van der Waals surface area contributed by atoms with Crippen LogP contribution < -0.4 is 5.56 Å².